The molecule has 0 saturated carbocycles. The Kier molecular flexibility index (Phi) is 4.52. The van der Waals surface area contributed by atoms with Crippen molar-refractivity contribution in [3.05, 3.63) is 59.3 Å². The second-order valence-electron chi connectivity index (χ2n) is 6.01. The third-order valence-corrected chi connectivity index (χ3v) is 4.27. The number of Topliss-reactive ketones (excluding diaryl/α,β-unsaturated/α-hetero) is 1. The molecule has 3 rings (SSSR count). The Morgan fingerprint density at radius 2 is 1.88 bits per heavy atom. The van der Waals surface area contributed by atoms with Crippen molar-refractivity contribution in [1.82, 2.24) is 4.57 Å². The number of nitrogens with zero attached hydrogens (tertiary/aromatic N) is 1. The summed E-state index contributed by atoms with van der Waals surface area (Å²) in [5.74, 6) is 0.468. The molecule has 0 radical (unpaired) electrons. The van der Waals surface area contributed by atoms with E-state index in [0.717, 1.165) is 12.1 Å². The van der Waals surface area contributed by atoms with Crippen LogP contribution >= 0.6 is 0 Å². The van der Waals surface area contributed by atoms with Crippen molar-refractivity contribution >= 4 is 16.7 Å². The standard InChI is InChI=1S/C20H18F3NO2/c1-4-26-16-8-9-18-17(11-16)19(13(3)25)12(2)24(18)15-7-5-6-14(10-15)20(21,22)23/h5-11H,4H2,1-3H3. The largest absolute Gasteiger partial charge is 0.494 e. The third-order valence-electron chi connectivity index (χ3n) is 4.27. The number of halogens is 3. The van der Waals surface area contributed by atoms with Crippen LogP contribution in [0.2, 0.25) is 0 Å². The average Bonchev–Trinajstić information content (AvgIpc) is 2.86. The fourth-order valence-electron chi connectivity index (χ4n) is 3.25. The number of hydrogen-bond donors (Lipinski definition) is 0. The van der Waals surface area contributed by atoms with Crippen molar-refractivity contribution in [2.24, 2.45) is 0 Å². The van der Waals surface area contributed by atoms with Gasteiger partial charge in [-0.1, -0.05) is 6.07 Å². The van der Waals surface area contributed by atoms with Crippen molar-refractivity contribution < 1.29 is 22.7 Å². The lowest BCUT2D eigenvalue weighted by atomic mass is 10.1. The maximum absolute atomic E-state index is 13.1. The molecule has 0 amide bonds. The number of aromatic nitrogens is 1. The topological polar surface area (TPSA) is 31.2 Å². The van der Waals surface area contributed by atoms with Gasteiger partial charge in [-0.25, -0.2) is 0 Å². The zero-order chi connectivity index (χ0) is 19.1. The van der Waals surface area contributed by atoms with Crippen molar-refractivity contribution in [3.63, 3.8) is 0 Å². The van der Waals surface area contributed by atoms with E-state index >= 15 is 0 Å². The lowest BCUT2D eigenvalue weighted by Crippen LogP contribution is -2.07. The maximum atomic E-state index is 13.1. The molecule has 3 nitrogen and oxygen atoms in total. The Bertz CT molecular complexity index is 987. The summed E-state index contributed by atoms with van der Waals surface area (Å²) in [4.78, 5) is 12.2. The van der Waals surface area contributed by atoms with E-state index in [2.05, 4.69) is 0 Å². The van der Waals surface area contributed by atoms with Crippen LogP contribution in [0.15, 0.2) is 42.5 Å². The van der Waals surface area contributed by atoms with Gasteiger partial charge in [0.1, 0.15) is 5.75 Å². The van der Waals surface area contributed by atoms with Crippen LogP contribution in [-0.4, -0.2) is 17.0 Å². The summed E-state index contributed by atoms with van der Waals surface area (Å²) in [5.41, 5.74) is 1.38. The molecule has 3 aromatic rings. The van der Waals surface area contributed by atoms with Crippen LogP contribution in [0.3, 0.4) is 0 Å². The van der Waals surface area contributed by atoms with Gasteiger partial charge in [0.2, 0.25) is 0 Å². The summed E-state index contributed by atoms with van der Waals surface area (Å²) in [6.45, 7) is 5.52. The first kappa shape index (κ1) is 18.0. The SMILES string of the molecule is CCOc1ccc2c(c1)c(C(C)=O)c(C)n2-c1cccc(C(F)(F)F)c1. The smallest absolute Gasteiger partial charge is 0.416 e. The van der Waals surface area contributed by atoms with E-state index in [-0.39, 0.29) is 5.78 Å². The van der Waals surface area contributed by atoms with E-state index in [1.165, 1.54) is 13.0 Å². The average molecular weight is 361 g/mol. The molecule has 0 aliphatic heterocycles. The summed E-state index contributed by atoms with van der Waals surface area (Å²) < 4.78 is 46.4. The number of ether oxygens (including phenoxy) is 1. The van der Waals surface area contributed by atoms with Crippen LogP contribution in [0.4, 0.5) is 13.2 Å². The molecular formula is C20H18F3NO2. The fraction of sp³-hybridized carbons (Fsp3) is 0.250. The maximum Gasteiger partial charge on any atom is 0.416 e. The molecule has 0 unspecified atom stereocenters. The van der Waals surface area contributed by atoms with Gasteiger partial charge in [-0.3, -0.25) is 4.79 Å². The van der Waals surface area contributed by atoms with Gasteiger partial charge >= 0.3 is 6.18 Å². The van der Waals surface area contributed by atoms with Gasteiger partial charge in [0.15, 0.2) is 5.78 Å². The van der Waals surface area contributed by atoms with E-state index in [1.54, 1.807) is 35.8 Å². The van der Waals surface area contributed by atoms with E-state index in [1.807, 2.05) is 6.92 Å². The molecule has 0 bridgehead atoms. The minimum Gasteiger partial charge on any atom is -0.494 e. The molecule has 6 heteroatoms. The molecule has 0 N–H and O–H groups in total. The molecule has 0 spiro atoms. The Morgan fingerprint density at radius 3 is 2.50 bits per heavy atom. The van der Waals surface area contributed by atoms with Gasteiger partial charge in [-0.05, 0) is 57.2 Å². The van der Waals surface area contributed by atoms with Gasteiger partial charge in [0, 0.05) is 22.3 Å². The van der Waals surface area contributed by atoms with E-state index in [4.69, 9.17) is 4.74 Å². The number of hydrogen-bond acceptors (Lipinski definition) is 2. The monoisotopic (exact) mass is 361 g/mol. The highest BCUT2D eigenvalue weighted by atomic mass is 19.4. The van der Waals surface area contributed by atoms with Gasteiger partial charge in [0.05, 0.1) is 17.7 Å². The molecule has 1 aromatic heterocycles. The van der Waals surface area contributed by atoms with Crippen LogP contribution in [-0.2, 0) is 6.18 Å². The Hall–Kier alpha value is -2.76. The second kappa shape index (κ2) is 6.52. The number of rotatable bonds is 4. The summed E-state index contributed by atoms with van der Waals surface area (Å²) in [5, 5.41) is 0.665. The zero-order valence-electron chi connectivity index (χ0n) is 14.6. The third kappa shape index (κ3) is 3.07. The summed E-state index contributed by atoms with van der Waals surface area (Å²) >= 11 is 0. The highest BCUT2D eigenvalue weighted by molar-refractivity contribution is 6.09. The molecule has 1 heterocycles. The predicted octanol–water partition coefficient (Wildman–Crippen LogP) is 5.56. The van der Waals surface area contributed by atoms with Gasteiger partial charge in [0.25, 0.3) is 0 Å². The molecule has 0 fully saturated rings. The molecule has 0 atom stereocenters. The van der Waals surface area contributed by atoms with Crippen molar-refractivity contribution in [1.29, 1.82) is 0 Å². The minimum absolute atomic E-state index is 0.146. The molecule has 0 saturated heterocycles. The summed E-state index contributed by atoms with van der Waals surface area (Å²) in [6, 6.07) is 10.4. The first-order valence-corrected chi connectivity index (χ1v) is 8.20. The molecule has 0 aliphatic carbocycles. The predicted molar refractivity (Wildman–Crippen MR) is 94.2 cm³/mol. The Morgan fingerprint density at radius 1 is 1.15 bits per heavy atom. The van der Waals surface area contributed by atoms with Crippen LogP contribution in [0, 0.1) is 6.92 Å². The van der Waals surface area contributed by atoms with Crippen LogP contribution in [0.25, 0.3) is 16.6 Å². The summed E-state index contributed by atoms with van der Waals surface area (Å²) in [6.07, 6.45) is -4.43. The number of benzene rings is 2. The first-order chi connectivity index (χ1) is 12.2. The lowest BCUT2D eigenvalue weighted by molar-refractivity contribution is -0.137. The highest BCUT2D eigenvalue weighted by Crippen LogP contribution is 2.35. The van der Waals surface area contributed by atoms with E-state index in [0.29, 0.717) is 40.2 Å². The molecular weight excluding hydrogens is 343 g/mol. The van der Waals surface area contributed by atoms with Crippen LogP contribution in [0.5, 0.6) is 5.75 Å². The summed E-state index contributed by atoms with van der Waals surface area (Å²) in [7, 11) is 0. The van der Waals surface area contributed by atoms with Gasteiger partial charge in [-0.2, -0.15) is 13.2 Å². The lowest BCUT2D eigenvalue weighted by Gasteiger charge is -2.12. The number of fused-ring (bicyclic) bond motifs is 1. The highest BCUT2D eigenvalue weighted by Gasteiger charge is 2.31. The Balaban J connectivity index is 2.30. The molecule has 0 aliphatic rings. The molecule has 136 valence electrons. The van der Waals surface area contributed by atoms with Crippen LogP contribution < -0.4 is 4.74 Å². The van der Waals surface area contributed by atoms with E-state index < -0.39 is 11.7 Å². The molecule has 26 heavy (non-hydrogen) atoms. The van der Waals surface area contributed by atoms with Gasteiger partial charge < -0.3 is 9.30 Å². The van der Waals surface area contributed by atoms with Gasteiger partial charge in [-0.15, -0.1) is 0 Å². The normalized spacial score (nSPS) is 11.8. The van der Waals surface area contributed by atoms with Crippen molar-refractivity contribution in [2.75, 3.05) is 6.61 Å². The van der Waals surface area contributed by atoms with Crippen molar-refractivity contribution in [2.45, 2.75) is 26.9 Å². The number of carbonyl (C=O) groups is 1. The Labute approximate surface area is 149 Å². The number of carbonyl (C=O) groups excluding carboxylic acids is 1. The van der Waals surface area contributed by atoms with E-state index in [9.17, 15) is 18.0 Å². The first-order valence-electron chi connectivity index (χ1n) is 8.20. The fourth-order valence-corrected chi connectivity index (χ4v) is 3.25. The second-order valence-corrected chi connectivity index (χ2v) is 6.01. The number of alkyl halides is 3. The van der Waals surface area contributed by atoms with Crippen molar-refractivity contribution in [3.8, 4) is 11.4 Å². The zero-order valence-corrected chi connectivity index (χ0v) is 14.6. The quantitative estimate of drug-likeness (QED) is 0.570. The molecule has 2 aromatic carbocycles. The minimum atomic E-state index is -4.43. The van der Waals surface area contributed by atoms with Crippen LogP contribution in [0.1, 0.15) is 35.5 Å². The number of ketones is 1.